The summed E-state index contributed by atoms with van der Waals surface area (Å²) < 4.78 is 1.42. The van der Waals surface area contributed by atoms with Gasteiger partial charge in [-0.05, 0) is 0 Å². The van der Waals surface area contributed by atoms with Crippen LogP contribution in [0, 0.1) is 0 Å². The maximum absolute atomic E-state index is 2.32. The van der Waals surface area contributed by atoms with Gasteiger partial charge in [-0.15, -0.1) is 39.7 Å². The van der Waals surface area contributed by atoms with E-state index >= 15 is 0 Å². The van der Waals surface area contributed by atoms with Gasteiger partial charge in [-0.2, -0.15) is 0 Å². The van der Waals surface area contributed by atoms with E-state index in [9.17, 15) is 0 Å². The summed E-state index contributed by atoms with van der Waals surface area (Å²) in [5, 5.41) is 5.40. The van der Waals surface area contributed by atoms with Crippen LogP contribution in [0.15, 0.2) is 133 Å². The van der Waals surface area contributed by atoms with Gasteiger partial charge >= 0.3 is 99.2 Å². The molecular formula is C31H23Cl2Zr-. The SMILES string of the molecule is C1=CC(c2ccc3c(c2)[cH-]c2ccccc23)C=C1.[Cl-].[Cl-].[Zr+2]=[C](c1ccccc1)c1ccccc1. The van der Waals surface area contributed by atoms with Gasteiger partial charge in [-0.1, -0.05) is 60.2 Å². The van der Waals surface area contributed by atoms with Crippen molar-refractivity contribution in [1.82, 2.24) is 0 Å². The molecule has 6 rings (SSSR count). The summed E-state index contributed by atoms with van der Waals surface area (Å²) in [6.45, 7) is 0. The van der Waals surface area contributed by atoms with Gasteiger partial charge in [0.1, 0.15) is 0 Å². The van der Waals surface area contributed by atoms with Crippen LogP contribution < -0.4 is 24.8 Å². The topological polar surface area (TPSA) is 0 Å². The van der Waals surface area contributed by atoms with Crippen LogP contribution in [0.5, 0.6) is 0 Å². The number of hydrogen-bond acceptors (Lipinski definition) is 0. The van der Waals surface area contributed by atoms with Crippen LogP contribution in [-0.2, 0) is 24.2 Å². The van der Waals surface area contributed by atoms with E-state index in [0.717, 1.165) is 0 Å². The third-order valence-corrected chi connectivity index (χ3v) is 7.31. The van der Waals surface area contributed by atoms with Crippen molar-refractivity contribution in [2.75, 3.05) is 0 Å². The number of fused-ring (bicyclic) bond motifs is 3. The predicted octanol–water partition coefficient (Wildman–Crippen LogP) is 1.73. The fraction of sp³-hybridized carbons (Fsp3) is 0.0323. The van der Waals surface area contributed by atoms with Gasteiger partial charge in [0.05, 0.1) is 0 Å². The first kappa shape index (κ1) is 26.2. The van der Waals surface area contributed by atoms with Gasteiger partial charge in [0.15, 0.2) is 0 Å². The number of hydrogen-bond donors (Lipinski definition) is 0. The van der Waals surface area contributed by atoms with Crippen molar-refractivity contribution < 1.29 is 49.0 Å². The average molecular weight is 558 g/mol. The summed E-state index contributed by atoms with van der Waals surface area (Å²) in [4.78, 5) is 0. The molecular weight excluding hydrogens is 534 g/mol. The Balaban J connectivity index is 0.000000186. The summed E-state index contributed by atoms with van der Waals surface area (Å²) in [6.07, 6.45) is 8.72. The molecule has 0 spiro atoms. The molecule has 0 fully saturated rings. The van der Waals surface area contributed by atoms with Gasteiger partial charge < -0.3 is 24.8 Å². The van der Waals surface area contributed by atoms with Gasteiger partial charge in [-0.25, -0.2) is 0 Å². The summed E-state index contributed by atoms with van der Waals surface area (Å²) in [7, 11) is 0. The molecule has 0 bridgehead atoms. The van der Waals surface area contributed by atoms with E-state index in [1.54, 1.807) is 0 Å². The van der Waals surface area contributed by atoms with Gasteiger partial charge in [0.25, 0.3) is 0 Å². The van der Waals surface area contributed by atoms with Gasteiger partial charge in [0, 0.05) is 5.92 Å². The Labute approximate surface area is 228 Å². The van der Waals surface area contributed by atoms with Crippen LogP contribution in [0.4, 0.5) is 0 Å². The molecule has 0 aliphatic heterocycles. The molecule has 1 aliphatic carbocycles. The van der Waals surface area contributed by atoms with E-state index in [2.05, 4.69) is 133 Å². The predicted molar refractivity (Wildman–Crippen MR) is 134 cm³/mol. The van der Waals surface area contributed by atoms with Crippen molar-refractivity contribution in [3.8, 4) is 0 Å². The normalized spacial score (nSPS) is 12.1. The molecule has 0 aromatic heterocycles. The molecule has 0 heterocycles. The van der Waals surface area contributed by atoms with Crippen LogP contribution in [-0.4, -0.2) is 3.21 Å². The van der Waals surface area contributed by atoms with Crippen molar-refractivity contribution >= 4 is 24.8 Å². The summed E-state index contributed by atoms with van der Waals surface area (Å²) in [5.41, 5.74) is 4.04. The second kappa shape index (κ2) is 12.3. The van der Waals surface area contributed by atoms with Crippen molar-refractivity contribution in [2.24, 2.45) is 0 Å². The second-order valence-electron chi connectivity index (χ2n) is 7.98. The first-order valence-corrected chi connectivity index (χ1v) is 12.1. The molecule has 0 amide bonds. The molecule has 0 N–H and O–H groups in total. The fourth-order valence-corrected chi connectivity index (χ4v) is 5.04. The molecule has 34 heavy (non-hydrogen) atoms. The van der Waals surface area contributed by atoms with Crippen LogP contribution in [0.25, 0.3) is 21.5 Å². The first-order chi connectivity index (χ1) is 15.8. The molecule has 0 saturated carbocycles. The second-order valence-corrected chi connectivity index (χ2v) is 9.21. The Morgan fingerprint density at radius 3 is 1.74 bits per heavy atom. The van der Waals surface area contributed by atoms with Crippen LogP contribution >= 0.6 is 0 Å². The quantitative estimate of drug-likeness (QED) is 0.297. The zero-order valence-corrected chi connectivity index (χ0v) is 22.5. The van der Waals surface area contributed by atoms with Crippen LogP contribution in [0.3, 0.4) is 0 Å². The maximum atomic E-state index is 2.32. The standard InChI is InChI=1S/C18H13.C13H10.2ClH.Zr/c1-2-6-13(5-1)14-9-10-18-16(11-14)12-15-7-3-4-8-17(15)18;1-3-7-12(8-4-1)11-13-9-5-2-6-10-13;;;/h1-13H;1-10H;2*1H;/q-1;;;;+2/p-2. The van der Waals surface area contributed by atoms with Gasteiger partial charge in [-0.3, -0.25) is 0 Å². The molecule has 3 heteroatoms. The zero-order valence-electron chi connectivity index (χ0n) is 18.5. The molecule has 0 nitrogen and oxygen atoms in total. The molecule has 0 unspecified atom stereocenters. The number of benzene rings is 4. The van der Waals surface area contributed by atoms with Crippen molar-refractivity contribution in [2.45, 2.75) is 5.92 Å². The average Bonchev–Trinajstić information content (AvgIpc) is 3.53. The van der Waals surface area contributed by atoms with Crippen molar-refractivity contribution in [3.05, 3.63) is 150 Å². The first-order valence-electron chi connectivity index (χ1n) is 10.9. The Kier molecular flexibility index (Phi) is 9.48. The van der Waals surface area contributed by atoms with E-state index in [4.69, 9.17) is 0 Å². The van der Waals surface area contributed by atoms with E-state index in [1.807, 2.05) is 0 Å². The third-order valence-electron chi connectivity index (χ3n) is 5.90. The fourth-order valence-electron chi connectivity index (χ4n) is 4.22. The summed E-state index contributed by atoms with van der Waals surface area (Å²) in [6, 6.07) is 38.8. The van der Waals surface area contributed by atoms with Gasteiger partial charge in [0.2, 0.25) is 0 Å². The minimum atomic E-state index is 0. The van der Waals surface area contributed by atoms with Crippen molar-refractivity contribution in [3.63, 3.8) is 0 Å². The molecule has 0 atom stereocenters. The monoisotopic (exact) mass is 555 g/mol. The number of halogens is 2. The Bertz CT molecular complexity index is 1380. The van der Waals surface area contributed by atoms with E-state index in [1.165, 1.54) is 65.7 Å². The minimum absolute atomic E-state index is 0. The zero-order chi connectivity index (χ0) is 21.8. The number of allylic oxidation sites excluding steroid dienone is 4. The van der Waals surface area contributed by atoms with E-state index in [0.29, 0.717) is 5.92 Å². The Morgan fingerprint density at radius 2 is 1.12 bits per heavy atom. The summed E-state index contributed by atoms with van der Waals surface area (Å²) >= 11 is 1.46. The molecule has 1 aliphatic rings. The number of rotatable bonds is 3. The summed E-state index contributed by atoms with van der Waals surface area (Å²) in [5.74, 6) is 0.451. The Morgan fingerprint density at radius 1 is 0.588 bits per heavy atom. The molecule has 0 saturated heterocycles. The molecule has 5 aromatic rings. The molecule has 166 valence electrons. The third kappa shape index (κ3) is 5.79. The Hall–Kier alpha value is -2.44. The van der Waals surface area contributed by atoms with Crippen LogP contribution in [0.2, 0.25) is 0 Å². The van der Waals surface area contributed by atoms with E-state index in [-0.39, 0.29) is 24.8 Å². The van der Waals surface area contributed by atoms with Crippen molar-refractivity contribution in [1.29, 1.82) is 0 Å². The van der Waals surface area contributed by atoms with Crippen LogP contribution in [0.1, 0.15) is 22.6 Å². The molecule has 5 aromatic carbocycles. The molecule has 0 radical (unpaired) electrons. The van der Waals surface area contributed by atoms with E-state index < -0.39 is 0 Å².